The Hall–Kier alpha value is -3.15. The van der Waals surface area contributed by atoms with Crippen molar-refractivity contribution in [1.82, 2.24) is 20.3 Å². The third-order valence-corrected chi connectivity index (χ3v) is 6.20. The SMILES string of the molecule is CCCCN(CCCC)c1cc(-c2nnnn2N)cc([SH](=O)=O)c1-c1ccc(C(F)(F)F)cc1. The maximum absolute atomic E-state index is 13.1. The first-order valence-electron chi connectivity index (χ1n) is 11.0. The Labute approximate surface area is 197 Å². The molecule has 2 aromatic carbocycles. The summed E-state index contributed by atoms with van der Waals surface area (Å²) in [5.41, 5.74) is 0.881. The van der Waals surface area contributed by atoms with E-state index in [1.54, 1.807) is 6.07 Å². The number of unbranched alkanes of at least 4 members (excludes halogenated alkanes) is 2. The minimum absolute atomic E-state index is 0.0387. The van der Waals surface area contributed by atoms with Gasteiger partial charge in [-0.2, -0.15) is 13.2 Å². The number of halogens is 3. The van der Waals surface area contributed by atoms with Gasteiger partial charge in [0.2, 0.25) is 5.82 Å². The van der Waals surface area contributed by atoms with E-state index < -0.39 is 22.4 Å². The first-order chi connectivity index (χ1) is 16.2. The van der Waals surface area contributed by atoms with Crippen LogP contribution in [0.3, 0.4) is 0 Å². The molecule has 3 rings (SSSR count). The fourth-order valence-electron chi connectivity index (χ4n) is 3.69. The third kappa shape index (κ3) is 5.66. The standard InChI is InChI=1S/C22H27F3N6O2S/c1-3-5-11-30(12-6-4-2)18-13-16(21-27-28-29-31(21)26)14-19(34(32)33)20(18)15-7-9-17(10-8-15)22(23,24)25/h7-10,13-14,34H,3-6,11-12,26H2,1-2H3. The molecule has 0 aliphatic heterocycles. The molecule has 0 unspecified atom stereocenters. The quantitative estimate of drug-likeness (QED) is 0.321. The number of tetrazole rings is 1. The normalized spacial score (nSPS) is 11.8. The van der Waals surface area contributed by atoms with Crippen LogP contribution in [-0.2, 0) is 16.9 Å². The molecule has 2 N–H and O–H groups in total. The third-order valence-electron chi connectivity index (χ3n) is 5.45. The molecule has 8 nitrogen and oxygen atoms in total. The molecule has 184 valence electrons. The van der Waals surface area contributed by atoms with Gasteiger partial charge in [-0.15, -0.1) is 9.89 Å². The molecule has 0 saturated carbocycles. The average molecular weight is 497 g/mol. The Morgan fingerprint density at radius 1 is 1.00 bits per heavy atom. The fourth-order valence-corrected chi connectivity index (χ4v) is 4.36. The molecule has 0 fully saturated rings. The van der Waals surface area contributed by atoms with Crippen LogP contribution in [0, 0.1) is 0 Å². The topological polar surface area (TPSA) is 107 Å². The predicted octanol–water partition coefficient (Wildman–Crippen LogP) is 4.12. The summed E-state index contributed by atoms with van der Waals surface area (Å²) < 4.78 is 64.1. The van der Waals surface area contributed by atoms with Gasteiger partial charge in [-0.1, -0.05) is 38.8 Å². The first-order valence-corrected chi connectivity index (χ1v) is 12.1. The number of hydrogen-bond donors (Lipinski definition) is 2. The van der Waals surface area contributed by atoms with Crippen molar-refractivity contribution in [2.24, 2.45) is 0 Å². The van der Waals surface area contributed by atoms with Gasteiger partial charge < -0.3 is 10.7 Å². The number of thiol groups is 1. The molecule has 0 aliphatic carbocycles. The summed E-state index contributed by atoms with van der Waals surface area (Å²) in [6, 6.07) is 7.66. The fraction of sp³-hybridized carbons (Fsp3) is 0.409. The van der Waals surface area contributed by atoms with E-state index in [1.165, 1.54) is 18.2 Å². The largest absolute Gasteiger partial charge is 0.416 e. The van der Waals surface area contributed by atoms with Crippen LogP contribution in [0.25, 0.3) is 22.5 Å². The number of anilines is 1. The minimum Gasteiger partial charge on any atom is -0.371 e. The van der Waals surface area contributed by atoms with Crippen molar-refractivity contribution in [1.29, 1.82) is 0 Å². The van der Waals surface area contributed by atoms with E-state index in [4.69, 9.17) is 5.84 Å². The van der Waals surface area contributed by atoms with Gasteiger partial charge in [0.25, 0.3) is 0 Å². The van der Waals surface area contributed by atoms with Crippen molar-refractivity contribution in [3.05, 3.63) is 42.0 Å². The molecule has 3 aromatic rings. The van der Waals surface area contributed by atoms with Gasteiger partial charge in [-0.3, -0.25) is 0 Å². The number of nitrogens with two attached hydrogens (primary N) is 1. The summed E-state index contributed by atoms with van der Waals surface area (Å²) in [4.78, 5) is 2.97. The molecular weight excluding hydrogens is 469 g/mol. The number of aromatic nitrogens is 4. The van der Waals surface area contributed by atoms with Crippen LogP contribution in [0.4, 0.5) is 18.9 Å². The molecule has 1 heterocycles. The maximum atomic E-state index is 13.1. The van der Waals surface area contributed by atoms with Crippen molar-refractivity contribution in [2.75, 3.05) is 23.8 Å². The van der Waals surface area contributed by atoms with Gasteiger partial charge in [-0.25, -0.2) is 8.42 Å². The number of nitrogens with zero attached hydrogens (tertiary/aromatic N) is 5. The number of hydrogen-bond acceptors (Lipinski definition) is 7. The Morgan fingerprint density at radius 2 is 1.62 bits per heavy atom. The van der Waals surface area contributed by atoms with E-state index in [9.17, 15) is 21.6 Å². The zero-order chi connectivity index (χ0) is 24.9. The van der Waals surface area contributed by atoms with Crippen molar-refractivity contribution in [2.45, 2.75) is 50.6 Å². The summed E-state index contributed by atoms with van der Waals surface area (Å²) in [5.74, 6) is 5.97. The second-order valence-electron chi connectivity index (χ2n) is 7.86. The van der Waals surface area contributed by atoms with Crippen LogP contribution in [0.2, 0.25) is 0 Å². The second-order valence-corrected chi connectivity index (χ2v) is 8.86. The van der Waals surface area contributed by atoms with Crippen molar-refractivity contribution < 1.29 is 21.6 Å². The van der Waals surface area contributed by atoms with Gasteiger partial charge in [-0.05, 0) is 53.1 Å². The maximum Gasteiger partial charge on any atom is 0.416 e. The highest BCUT2D eigenvalue weighted by Gasteiger charge is 2.30. The zero-order valence-electron chi connectivity index (χ0n) is 18.9. The number of benzene rings is 2. The molecule has 0 bridgehead atoms. The van der Waals surface area contributed by atoms with Crippen LogP contribution in [-0.4, -0.2) is 41.8 Å². The Balaban J connectivity index is 2.29. The summed E-state index contributed by atoms with van der Waals surface area (Å²) in [6.45, 7) is 5.40. The molecule has 0 aliphatic rings. The molecule has 0 amide bonds. The molecule has 0 radical (unpaired) electrons. The number of nitrogen functional groups attached to an aromatic ring is 1. The van der Waals surface area contributed by atoms with Crippen LogP contribution >= 0.6 is 0 Å². The lowest BCUT2D eigenvalue weighted by Crippen LogP contribution is -2.26. The minimum atomic E-state index is -4.50. The van der Waals surface area contributed by atoms with Crippen LogP contribution in [0.15, 0.2) is 41.3 Å². The summed E-state index contributed by atoms with van der Waals surface area (Å²) in [5, 5.41) is 11.0. The average Bonchev–Trinajstić information content (AvgIpc) is 3.23. The molecule has 12 heteroatoms. The van der Waals surface area contributed by atoms with Crippen molar-refractivity contribution >= 4 is 16.4 Å². The lowest BCUT2D eigenvalue weighted by atomic mass is 9.98. The first kappa shape index (κ1) is 25.5. The highest BCUT2D eigenvalue weighted by Crippen LogP contribution is 2.40. The Morgan fingerprint density at radius 3 is 2.09 bits per heavy atom. The molecule has 34 heavy (non-hydrogen) atoms. The molecule has 1 aromatic heterocycles. The van der Waals surface area contributed by atoms with Gasteiger partial charge in [0, 0.05) is 29.9 Å². The predicted molar refractivity (Wildman–Crippen MR) is 124 cm³/mol. The lowest BCUT2D eigenvalue weighted by Gasteiger charge is -2.28. The van der Waals surface area contributed by atoms with E-state index in [-0.39, 0.29) is 10.7 Å². The smallest absolute Gasteiger partial charge is 0.371 e. The van der Waals surface area contributed by atoms with E-state index in [1.807, 2.05) is 13.8 Å². The summed E-state index contributed by atoms with van der Waals surface area (Å²) in [7, 11) is -3.11. The molecule has 0 spiro atoms. The molecule has 0 atom stereocenters. The van der Waals surface area contributed by atoms with Crippen LogP contribution in [0.5, 0.6) is 0 Å². The molecular formula is C22H27F3N6O2S. The zero-order valence-corrected chi connectivity index (χ0v) is 19.8. The van der Waals surface area contributed by atoms with Gasteiger partial charge >= 0.3 is 6.18 Å². The Bertz CT molecular complexity index is 1180. The lowest BCUT2D eigenvalue weighted by molar-refractivity contribution is -0.137. The van der Waals surface area contributed by atoms with Crippen LogP contribution < -0.4 is 10.7 Å². The van der Waals surface area contributed by atoms with E-state index in [2.05, 4.69) is 20.4 Å². The van der Waals surface area contributed by atoms with Crippen LogP contribution in [0.1, 0.15) is 45.1 Å². The number of alkyl halides is 3. The number of rotatable bonds is 10. The van der Waals surface area contributed by atoms with Gasteiger partial charge in [0.1, 0.15) is 0 Å². The van der Waals surface area contributed by atoms with Crippen molar-refractivity contribution in [3.63, 3.8) is 0 Å². The second kappa shape index (κ2) is 10.9. The van der Waals surface area contributed by atoms with E-state index in [0.717, 1.165) is 42.6 Å². The van der Waals surface area contributed by atoms with E-state index >= 15 is 0 Å². The highest BCUT2D eigenvalue weighted by atomic mass is 32.2. The van der Waals surface area contributed by atoms with Gasteiger partial charge in [0.15, 0.2) is 10.7 Å². The monoisotopic (exact) mass is 496 g/mol. The Kier molecular flexibility index (Phi) is 8.13. The van der Waals surface area contributed by atoms with E-state index in [0.29, 0.717) is 35.5 Å². The van der Waals surface area contributed by atoms with Gasteiger partial charge in [0.05, 0.1) is 10.5 Å². The van der Waals surface area contributed by atoms with Crippen molar-refractivity contribution in [3.8, 4) is 22.5 Å². The summed E-state index contributed by atoms with van der Waals surface area (Å²) in [6.07, 6.45) is -0.949. The molecule has 0 saturated heterocycles. The summed E-state index contributed by atoms with van der Waals surface area (Å²) >= 11 is 0. The highest BCUT2D eigenvalue weighted by molar-refractivity contribution is 7.72.